The molecule has 3 aromatic carbocycles. The van der Waals surface area contributed by atoms with Crippen LogP contribution in [0.1, 0.15) is 53.8 Å². The van der Waals surface area contributed by atoms with Gasteiger partial charge in [-0.05, 0) is 74.2 Å². The molecule has 1 aliphatic rings. The van der Waals surface area contributed by atoms with Crippen molar-refractivity contribution in [2.24, 2.45) is 5.41 Å². The topological polar surface area (TPSA) is 104 Å². The first-order chi connectivity index (χ1) is 22.0. The molecule has 9 nitrogen and oxygen atoms in total. The van der Waals surface area contributed by atoms with Crippen LogP contribution in [0, 0.1) is 12.3 Å². The summed E-state index contributed by atoms with van der Waals surface area (Å²) in [6, 6.07) is 22.1. The van der Waals surface area contributed by atoms with Crippen LogP contribution in [0.2, 0.25) is 4.34 Å². The average Bonchev–Trinajstić information content (AvgIpc) is 3.60. The van der Waals surface area contributed by atoms with Crippen LogP contribution in [0.4, 0.5) is 0 Å². The van der Waals surface area contributed by atoms with Crippen LogP contribution in [-0.4, -0.2) is 46.8 Å². The number of fused-ring (bicyclic) bond motifs is 2. The lowest BCUT2D eigenvalue weighted by Crippen LogP contribution is -2.34. The maximum atomic E-state index is 13.9. The second-order valence-electron chi connectivity index (χ2n) is 11.9. The highest BCUT2D eigenvalue weighted by Crippen LogP contribution is 2.48. The Kier molecular flexibility index (Phi) is 8.95. The zero-order valence-electron chi connectivity index (χ0n) is 26.1. The van der Waals surface area contributed by atoms with Gasteiger partial charge in [-0.25, -0.2) is 13.1 Å². The summed E-state index contributed by atoms with van der Waals surface area (Å²) in [6.07, 6.45) is 0. The summed E-state index contributed by atoms with van der Waals surface area (Å²) in [5.74, 6) is -0.509. The summed E-state index contributed by atoms with van der Waals surface area (Å²) in [5, 5.41) is 8.77. The third kappa shape index (κ3) is 5.92. The number of benzene rings is 3. The largest absolute Gasteiger partial charge is 0.491 e. The Hall–Kier alpha value is -3.77. The van der Waals surface area contributed by atoms with Crippen LogP contribution < -0.4 is 4.74 Å². The van der Waals surface area contributed by atoms with E-state index >= 15 is 0 Å². The molecule has 46 heavy (non-hydrogen) atoms. The van der Waals surface area contributed by atoms with E-state index in [9.17, 15) is 13.2 Å². The average molecular weight is 679 g/mol. The molecule has 6 rings (SSSR count). The summed E-state index contributed by atoms with van der Waals surface area (Å²) in [6.45, 7) is 9.01. The molecule has 0 bridgehead atoms. The van der Waals surface area contributed by atoms with Gasteiger partial charge < -0.3 is 9.47 Å². The van der Waals surface area contributed by atoms with Crippen molar-refractivity contribution in [2.45, 2.75) is 58.2 Å². The molecule has 3 heterocycles. The standard InChI is InChI=1S/C34H35ClN4O5S2/c1-5-39-26-16-15-25(22(2)31(26)36-37-39)30(34(3,4)33(40)44-21-23-11-7-6-8-12-23)28-19-24(32(35)45-28)20-38-17-18-43-27-13-9-10-14-29(27)46(38,41)42/h6-16,19,30H,5,17-18,20-21H2,1-4H3/t30-/m1/s1. The molecule has 12 heteroatoms. The van der Waals surface area contributed by atoms with E-state index in [-0.39, 0.29) is 37.2 Å². The van der Waals surface area contributed by atoms with E-state index in [1.54, 1.807) is 24.3 Å². The third-order valence-electron chi connectivity index (χ3n) is 8.53. The molecule has 1 aliphatic heterocycles. The number of thiophene rings is 1. The Labute approximate surface area is 277 Å². The van der Waals surface area contributed by atoms with Gasteiger partial charge in [-0.15, -0.1) is 16.4 Å². The predicted octanol–water partition coefficient (Wildman–Crippen LogP) is 6.96. The molecule has 1 atom stereocenters. The number of carbonyl (C=O) groups is 1. The zero-order chi connectivity index (χ0) is 32.6. The number of aryl methyl sites for hydroxylation is 2. The van der Waals surface area contributed by atoms with Gasteiger partial charge in [0.15, 0.2) is 0 Å². The van der Waals surface area contributed by atoms with Crippen molar-refractivity contribution in [1.29, 1.82) is 0 Å². The molecular formula is C34H35ClN4O5S2. The van der Waals surface area contributed by atoms with Gasteiger partial charge in [-0.1, -0.05) is 65.3 Å². The van der Waals surface area contributed by atoms with Gasteiger partial charge in [0, 0.05) is 30.4 Å². The minimum Gasteiger partial charge on any atom is -0.491 e. The first kappa shape index (κ1) is 32.2. The molecular weight excluding hydrogens is 644 g/mol. The molecule has 0 radical (unpaired) electrons. The Bertz CT molecular complexity index is 2010. The maximum Gasteiger partial charge on any atom is 0.312 e. The highest BCUT2D eigenvalue weighted by atomic mass is 35.5. The minimum absolute atomic E-state index is 0.0593. The molecule has 0 amide bonds. The fraction of sp³-hybridized carbons (Fsp3) is 0.324. The lowest BCUT2D eigenvalue weighted by molar-refractivity contribution is -0.156. The lowest BCUT2D eigenvalue weighted by Gasteiger charge is -2.33. The summed E-state index contributed by atoms with van der Waals surface area (Å²) in [5.41, 5.74) is 3.97. The van der Waals surface area contributed by atoms with Gasteiger partial charge in [0.05, 0.1) is 15.3 Å². The molecule has 0 aliphatic carbocycles. The number of hydrogen-bond donors (Lipinski definition) is 0. The van der Waals surface area contributed by atoms with Crippen LogP contribution in [-0.2, 0) is 39.3 Å². The number of aromatic nitrogens is 3. The van der Waals surface area contributed by atoms with E-state index < -0.39 is 21.4 Å². The molecule has 2 aromatic heterocycles. The predicted molar refractivity (Wildman–Crippen MR) is 179 cm³/mol. The van der Waals surface area contributed by atoms with E-state index in [4.69, 9.17) is 21.1 Å². The van der Waals surface area contributed by atoms with Gasteiger partial charge in [-0.2, -0.15) is 4.31 Å². The number of nitrogens with zero attached hydrogens (tertiary/aromatic N) is 4. The Morgan fingerprint density at radius 3 is 2.61 bits per heavy atom. The SMILES string of the molecule is CCn1nnc2c(C)c([C@H](c3cc(CN4CCOc5ccccc5S4(=O)=O)c(Cl)s3)C(C)(C)C(=O)OCc3ccccc3)ccc21. The smallest absolute Gasteiger partial charge is 0.312 e. The van der Waals surface area contributed by atoms with Crippen molar-refractivity contribution >= 4 is 50.0 Å². The lowest BCUT2D eigenvalue weighted by atomic mass is 9.72. The van der Waals surface area contributed by atoms with Crippen molar-refractivity contribution in [3.63, 3.8) is 0 Å². The summed E-state index contributed by atoms with van der Waals surface area (Å²) in [4.78, 5) is 14.9. The fourth-order valence-electron chi connectivity index (χ4n) is 5.98. The zero-order valence-corrected chi connectivity index (χ0v) is 28.5. The van der Waals surface area contributed by atoms with Crippen molar-refractivity contribution in [3.8, 4) is 5.75 Å². The van der Waals surface area contributed by atoms with Crippen LogP contribution in [0.5, 0.6) is 5.75 Å². The van der Waals surface area contributed by atoms with Gasteiger partial charge in [0.25, 0.3) is 0 Å². The van der Waals surface area contributed by atoms with Gasteiger partial charge in [0.2, 0.25) is 10.0 Å². The monoisotopic (exact) mass is 678 g/mol. The number of rotatable bonds is 9. The van der Waals surface area contributed by atoms with Gasteiger partial charge in [0.1, 0.15) is 29.4 Å². The molecule has 0 N–H and O–H groups in total. The number of ether oxygens (including phenoxy) is 2. The summed E-state index contributed by atoms with van der Waals surface area (Å²) >= 11 is 8.22. The normalized spacial score (nSPS) is 15.6. The Morgan fingerprint density at radius 1 is 1.11 bits per heavy atom. The highest BCUT2D eigenvalue weighted by Gasteiger charge is 2.43. The van der Waals surface area contributed by atoms with E-state index in [1.165, 1.54) is 15.6 Å². The van der Waals surface area contributed by atoms with Crippen molar-refractivity contribution in [2.75, 3.05) is 13.2 Å². The van der Waals surface area contributed by atoms with Crippen LogP contribution in [0.3, 0.4) is 0 Å². The number of para-hydroxylation sites is 1. The van der Waals surface area contributed by atoms with Crippen molar-refractivity contribution in [3.05, 3.63) is 104 Å². The Morgan fingerprint density at radius 2 is 1.85 bits per heavy atom. The summed E-state index contributed by atoms with van der Waals surface area (Å²) < 4.78 is 42.7. The second kappa shape index (κ2) is 12.8. The fourth-order valence-corrected chi connectivity index (χ4v) is 9.10. The van der Waals surface area contributed by atoms with Crippen LogP contribution >= 0.6 is 22.9 Å². The molecule has 240 valence electrons. The van der Waals surface area contributed by atoms with E-state index in [1.807, 2.05) is 80.9 Å². The molecule has 0 unspecified atom stereocenters. The maximum absolute atomic E-state index is 13.9. The molecule has 0 saturated heterocycles. The van der Waals surface area contributed by atoms with Crippen LogP contribution in [0.15, 0.2) is 77.7 Å². The quantitative estimate of drug-likeness (QED) is 0.155. The molecule has 0 saturated carbocycles. The van der Waals surface area contributed by atoms with Crippen LogP contribution in [0.25, 0.3) is 11.0 Å². The van der Waals surface area contributed by atoms with Crippen molar-refractivity contribution in [1.82, 2.24) is 19.3 Å². The first-order valence-corrected chi connectivity index (χ1v) is 17.7. The second-order valence-corrected chi connectivity index (χ2v) is 15.4. The minimum atomic E-state index is -3.84. The van der Waals surface area contributed by atoms with E-state index in [0.29, 0.717) is 22.2 Å². The Balaban J connectivity index is 1.39. The number of hydrogen-bond acceptors (Lipinski definition) is 8. The van der Waals surface area contributed by atoms with Gasteiger partial charge in [-0.3, -0.25) is 4.79 Å². The first-order valence-electron chi connectivity index (χ1n) is 15.1. The molecule has 0 spiro atoms. The summed E-state index contributed by atoms with van der Waals surface area (Å²) in [7, 11) is -3.84. The van der Waals surface area contributed by atoms with Crippen molar-refractivity contribution < 1.29 is 22.7 Å². The number of carbonyl (C=O) groups excluding carboxylic acids is 1. The number of halogens is 1. The number of esters is 1. The van der Waals surface area contributed by atoms with Gasteiger partial charge >= 0.3 is 5.97 Å². The number of sulfonamides is 1. The highest BCUT2D eigenvalue weighted by molar-refractivity contribution is 7.89. The molecule has 5 aromatic rings. The van der Waals surface area contributed by atoms with E-state index in [0.717, 1.165) is 32.6 Å². The van der Waals surface area contributed by atoms with E-state index in [2.05, 4.69) is 10.3 Å². The third-order valence-corrected chi connectivity index (χ3v) is 11.9. The molecule has 0 fully saturated rings.